The van der Waals surface area contributed by atoms with Crippen LogP contribution in [0.1, 0.15) is 16.8 Å². The molecule has 18 heavy (non-hydrogen) atoms. The van der Waals surface area contributed by atoms with Crippen LogP contribution in [0, 0.1) is 12.3 Å². The van der Waals surface area contributed by atoms with Gasteiger partial charge in [0.1, 0.15) is 0 Å². The number of benzene rings is 1. The molecule has 0 bridgehead atoms. The number of rotatable bonds is 4. The lowest BCUT2D eigenvalue weighted by molar-refractivity contribution is 0.0697. The zero-order valence-electron chi connectivity index (χ0n) is 9.37. The average Bonchev–Trinajstić information content (AvgIpc) is 2.28. The maximum absolute atomic E-state index is 11.4. The van der Waals surface area contributed by atoms with Crippen LogP contribution in [0.5, 0.6) is 0 Å². The van der Waals surface area contributed by atoms with Crippen LogP contribution in [0.2, 0.25) is 5.02 Å². The van der Waals surface area contributed by atoms with Gasteiger partial charge in [-0.2, -0.15) is 0 Å². The smallest absolute Gasteiger partial charge is 0.337 e. The molecule has 0 heterocycles. The number of anilines is 1. The Morgan fingerprint density at radius 3 is 2.72 bits per heavy atom. The lowest BCUT2D eigenvalue weighted by atomic mass is 10.2. The second kappa shape index (κ2) is 6.52. The molecule has 0 saturated heterocycles. The number of halogens is 1. The van der Waals surface area contributed by atoms with E-state index in [0.29, 0.717) is 18.7 Å². The van der Waals surface area contributed by atoms with Crippen molar-refractivity contribution in [2.75, 3.05) is 11.9 Å². The van der Waals surface area contributed by atoms with Crippen molar-refractivity contribution >= 4 is 29.3 Å². The summed E-state index contributed by atoms with van der Waals surface area (Å²) >= 11 is 5.76. The normalized spacial score (nSPS) is 9.33. The monoisotopic (exact) mass is 266 g/mol. The first kappa shape index (κ1) is 13.9. The van der Waals surface area contributed by atoms with Gasteiger partial charge < -0.3 is 15.7 Å². The molecule has 5 nitrogen and oxygen atoms in total. The molecule has 1 aromatic rings. The van der Waals surface area contributed by atoms with E-state index in [2.05, 4.69) is 16.6 Å². The molecule has 94 valence electrons. The summed E-state index contributed by atoms with van der Waals surface area (Å²) in [5.74, 6) is 1.27. The van der Waals surface area contributed by atoms with Gasteiger partial charge in [-0.1, -0.05) is 11.6 Å². The van der Waals surface area contributed by atoms with Crippen molar-refractivity contribution in [3.8, 4) is 12.3 Å². The van der Waals surface area contributed by atoms with Crippen LogP contribution in [-0.4, -0.2) is 23.7 Å². The predicted octanol–water partition coefficient (Wildman–Crippen LogP) is 2.18. The van der Waals surface area contributed by atoms with E-state index in [1.807, 2.05) is 0 Å². The number of aromatic carboxylic acids is 1. The molecule has 0 aliphatic heterocycles. The molecule has 0 unspecified atom stereocenters. The van der Waals surface area contributed by atoms with E-state index in [4.69, 9.17) is 23.1 Å². The van der Waals surface area contributed by atoms with Crippen molar-refractivity contribution in [2.45, 2.75) is 6.42 Å². The number of urea groups is 1. The first-order chi connectivity index (χ1) is 8.54. The summed E-state index contributed by atoms with van der Waals surface area (Å²) in [4.78, 5) is 22.1. The van der Waals surface area contributed by atoms with Crippen molar-refractivity contribution in [2.24, 2.45) is 0 Å². The Morgan fingerprint density at radius 2 is 2.17 bits per heavy atom. The summed E-state index contributed by atoms with van der Waals surface area (Å²) in [5.41, 5.74) is 0.387. The van der Waals surface area contributed by atoms with Crippen molar-refractivity contribution in [1.29, 1.82) is 0 Å². The highest BCUT2D eigenvalue weighted by atomic mass is 35.5. The summed E-state index contributed by atoms with van der Waals surface area (Å²) in [6, 6.07) is 3.72. The van der Waals surface area contributed by atoms with E-state index < -0.39 is 12.0 Å². The largest absolute Gasteiger partial charge is 0.478 e. The number of nitrogens with one attached hydrogen (secondary N) is 2. The van der Waals surface area contributed by atoms with Crippen molar-refractivity contribution in [3.05, 3.63) is 28.8 Å². The first-order valence-electron chi connectivity index (χ1n) is 5.05. The Labute approximate surface area is 109 Å². The maximum Gasteiger partial charge on any atom is 0.337 e. The van der Waals surface area contributed by atoms with Crippen LogP contribution in [0.4, 0.5) is 10.5 Å². The highest BCUT2D eigenvalue weighted by Gasteiger charge is 2.09. The number of carbonyl (C=O) groups excluding carboxylic acids is 1. The third kappa shape index (κ3) is 4.00. The van der Waals surface area contributed by atoms with Crippen LogP contribution in [0.3, 0.4) is 0 Å². The second-order valence-corrected chi connectivity index (χ2v) is 3.74. The van der Waals surface area contributed by atoms with Gasteiger partial charge in [-0.3, -0.25) is 0 Å². The molecule has 0 aliphatic rings. The number of hydrogen-bond acceptors (Lipinski definition) is 2. The Morgan fingerprint density at radius 1 is 1.44 bits per heavy atom. The summed E-state index contributed by atoms with van der Waals surface area (Å²) < 4.78 is 0. The Hall–Kier alpha value is -2.19. The SMILES string of the molecule is C#CCCNC(=O)Nc1ccc(C(=O)O)c(Cl)c1. The minimum Gasteiger partial charge on any atom is -0.478 e. The summed E-state index contributed by atoms with van der Waals surface area (Å²) in [6.07, 6.45) is 5.47. The second-order valence-electron chi connectivity index (χ2n) is 3.33. The van der Waals surface area contributed by atoms with E-state index in [1.54, 1.807) is 0 Å². The van der Waals surface area contributed by atoms with Crippen LogP contribution in [0.25, 0.3) is 0 Å². The van der Waals surface area contributed by atoms with Gasteiger partial charge in [0.05, 0.1) is 10.6 Å². The summed E-state index contributed by atoms with van der Waals surface area (Å²) in [5, 5.41) is 13.9. The van der Waals surface area contributed by atoms with E-state index in [0.717, 1.165) is 0 Å². The maximum atomic E-state index is 11.4. The van der Waals surface area contributed by atoms with Gasteiger partial charge in [-0.25, -0.2) is 9.59 Å². The van der Waals surface area contributed by atoms with Crippen molar-refractivity contribution in [3.63, 3.8) is 0 Å². The van der Waals surface area contributed by atoms with Crippen molar-refractivity contribution < 1.29 is 14.7 Å². The van der Waals surface area contributed by atoms with E-state index in [-0.39, 0.29) is 10.6 Å². The van der Waals surface area contributed by atoms with Crippen LogP contribution in [0.15, 0.2) is 18.2 Å². The molecule has 1 rings (SSSR count). The van der Waals surface area contributed by atoms with Gasteiger partial charge in [-0.05, 0) is 18.2 Å². The number of terminal acetylenes is 1. The Balaban J connectivity index is 2.64. The Kier molecular flexibility index (Phi) is 5.03. The molecule has 0 radical (unpaired) electrons. The lowest BCUT2D eigenvalue weighted by Crippen LogP contribution is -2.29. The number of carboxylic acid groups (broad SMARTS) is 1. The molecule has 0 spiro atoms. The lowest BCUT2D eigenvalue weighted by Gasteiger charge is -2.07. The van der Waals surface area contributed by atoms with E-state index in [1.165, 1.54) is 18.2 Å². The highest BCUT2D eigenvalue weighted by molar-refractivity contribution is 6.33. The molecule has 1 aromatic carbocycles. The van der Waals surface area contributed by atoms with Crippen LogP contribution < -0.4 is 10.6 Å². The van der Waals surface area contributed by atoms with Gasteiger partial charge in [0, 0.05) is 18.7 Å². The van der Waals surface area contributed by atoms with Gasteiger partial charge >= 0.3 is 12.0 Å². The quantitative estimate of drug-likeness (QED) is 0.577. The standard InChI is InChI=1S/C12H11ClN2O3/c1-2-3-6-14-12(18)15-8-4-5-9(11(16)17)10(13)7-8/h1,4-5,7H,3,6H2,(H,16,17)(H2,14,15,18). The Bertz CT molecular complexity index is 509. The van der Waals surface area contributed by atoms with Gasteiger partial charge in [0.2, 0.25) is 0 Å². The molecule has 6 heteroatoms. The number of amides is 2. The molecule has 3 N–H and O–H groups in total. The molecular formula is C12H11ClN2O3. The minimum atomic E-state index is -1.12. The molecule has 0 atom stereocenters. The molecule has 2 amide bonds. The predicted molar refractivity (Wildman–Crippen MR) is 68.9 cm³/mol. The molecule has 0 fully saturated rings. The number of carboxylic acids is 1. The molecular weight excluding hydrogens is 256 g/mol. The molecule has 0 aromatic heterocycles. The first-order valence-corrected chi connectivity index (χ1v) is 5.43. The van der Waals surface area contributed by atoms with E-state index in [9.17, 15) is 9.59 Å². The fourth-order valence-corrected chi connectivity index (χ4v) is 1.45. The molecule has 0 saturated carbocycles. The third-order valence-corrected chi connectivity index (χ3v) is 2.32. The van der Waals surface area contributed by atoms with Gasteiger partial charge in [0.15, 0.2) is 0 Å². The fraction of sp³-hybridized carbons (Fsp3) is 0.167. The van der Waals surface area contributed by atoms with E-state index >= 15 is 0 Å². The fourth-order valence-electron chi connectivity index (χ4n) is 1.19. The zero-order chi connectivity index (χ0) is 13.5. The number of carbonyl (C=O) groups is 2. The van der Waals surface area contributed by atoms with Gasteiger partial charge in [0.25, 0.3) is 0 Å². The highest BCUT2D eigenvalue weighted by Crippen LogP contribution is 2.20. The topological polar surface area (TPSA) is 78.4 Å². The van der Waals surface area contributed by atoms with Crippen molar-refractivity contribution in [1.82, 2.24) is 5.32 Å². The van der Waals surface area contributed by atoms with Crippen LogP contribution in [-0.2, 0) is 0 Å². The summed E-state index contributed by atoms with van der Waals surface area (Å²) in [7, 11) is 0. The minimum absolute atomic E-state index is 0.0186. The van der Waals surface area contributed by atoms with Gasteiger partial charge in [-0.15, -0.1) is 12.3 Å². The number of hydrogen-bond donors (Lipinski definition) is 3. The summed E-state index contributed by atoms with van der Waals surface area (Å²) in [6.45, 7) is 0.364. The zero-order valence-corrected chi connectivity index (χ0v) is 10.1. The average molecular weight is 267 g/mol. The molecule has 0 aliphatic carbocycles. The van der Waals surface area contributed by atoms with Crippen LogP contribution >= 0.6 is 11.6 Å². The third-order valence-electron chi connectivity index (χ3n) is 2.01.